The fraction of sp³-hybridized carbons (Fsp3) is 0.133. The van der Waals surface area contributed by atoms with Crippen molar-refractivity contribution < 1.29 is 0 Å². The summed E-state index contributed by atoms with van der Waals surface area (Å²) in [5, 5.41) is 4.45. The summed E-state index contributed by atoms with van der Waals surface area (Å²) in [6.45, 7) is 2.59. The van der Waals surface area contributed by atoms with Gasteiger partial charge in [0, 0.05) is 12.7 Å². The normalized spacial score (nSPS) is 11.4. The summed E-state index contributed by atoms with van der Waals surface area (Å²) in [7, 11) is 0. The topological polar surface area (TPSA) is 82.3 Å². The van der Waals surface area contributed by atoms with E-state index < -0.39 is 0 Å². The Labute approximate surface area is 131 Å². The largest absolute Gasteiger partial charge is 0.365 e. The molecule has 7 heteroatoms. The average molecular weight is 313 g/mol. The molecule has 0 aliphatic heterocycles. The van der Waals surface area contributed by atoms with Crippen molar-refractivity contribution in [2.45, 2.75) is 13.5 Å². The molecule has 0 fully saturated rings. The van der Waals surface area contributed by atoms with Crippen LogP contribution < -0.4 is 5.32 Å². The summed E-state index contributed by atoms with van der Waals surface area (Å²) in [6.07, 6.45) is 1.82. The molecule has 0 spiro atoms. The van der Waals surface area contributed by atoms with Gasteiger partial charge in [-0.25, -0.2) is 9.97 Å². The Balaban J connectivity index is 1.63. The molecule has 4 rings (SSSR count). The number of halogens is 1. The van der Waals surface area contributed by atoms with Gasteiger partial charge in [-0.1, -0.05) is 6.07 Å². The van der Waals surface area contributed by atoms with Crippen LogP contribution in [0.4, 0.5) is 5.82 Å². The van der Waals surface area contributed by atoms with E-state index in [9.17, 15) is 0 Å². The molecule has 0 unspecified atom stereocenters. The Hall–Kier alpha value is -2.60. The van der Waals surface area contributed by atoms with Crippen LogP contribution in [-0.4, -0.2) is 24.9 Å². The number of hydrogen-bond acceptors (Lipinski definition) is 4. The molecular formula is C15H13ClN6. The van der Waals surface area contributed by atoms with Gasteiger partial charge in [0.25, 0.3) is 0 Å². The Morgan fingerprint density at radius 3 is 3.00 bits per heavy atom. The first-order valence-corrected chi connectivity index (χ1v) is 7.26. The number of anilines is 1. The number of fused-ring (bicyclic) bond motifs is 2. The maximum atomic E-state index is 5.95. The van der Waals surface area contributed by atoms with Crippen LogP contribution in [0.5, 0.6) is 0 Å². The molecule has 0 atom stereocenters. The predicted molar refractivity (Wildman–Crippen MR) is 87.1 cm³/mol. The zero-order valence-corrected chi connectivity index (χ0v) is 12.6. The summed E-state index contributed by atoms with van der Waals surface area (Å²) < 4.78 is 0. The Morgan fingerprint density at radius 1 is 1.18 bits per heavy atom. The van der Waals surface area contributed by atoms with Gasteiger partial charge >= 0.3 is 0 Å². The summed E-state index contributed by atoms with van der Waals surface area (Å²) in [4.78, 5) is 19.1. The van der Waals surface area contributed by atoms with Gasteiger partial charge in [-0.05, 0) is 42.3 Å². The minimum absolute atomic E-state index is 0.220. The van der Waals surface area contributed by atoms with Crippen LogP contribution in [0.25, 0.3) is 22.1 Å². The minimum atomic E-state index is 0.220. The highest BCUT2D eigenvalue weighted by Gasteiger charge is 2.08. The van der Waals surface area contributed by atoms with Crippen LogP contribution >= 0.6 is 11.6 Å². The van der Waals surface area contributed by atoms with Crippen LogP contribution in [0.3, 0.4) is 0 Å². The number of nitrogens with zero attached hydrogens (tertiary/aromatic N) is 3. The molecule has 0 amide bonds. The fourth-order valence-electron chi connectivity index (χ4n) is 2.53. The molecule has 22 heavy (non-hydrogen) atoms. The van der Waals surface area contributed by atoms with E-state index in [1.807, 2.05) is 31.3 Å². The molecule has 3 heterocycles. The Kier molecular flexibility index (Phi) is 2.97. The molecular weight excluding hydrogens is 300 g/mol. The van der Waals surface area contributed by atoms with Crippen LogP contribution in [-0.2, 0) is 6.54 Å². The van der Waals surface area contributed by atoms with Crippen molar-refractivity contribution in [2.24, 2.45) is 0 Å². The van der Waals surface area contributed by atoms with Crippen molar-refractivity contribution in [1.29, 1.82) is 0 Å². The average Bonchev–Trinajstić information content (AvgIpc) is 3.08. The fourth-order valence-corrected chi connectivity index (χ4v) is 2.70. The van der Waals surface area contributed by atoms with E-state index in [-0.39, 0.29) is 5.28 Å². The first-order valence-electron chi connectivity index (χ1n) is 6.89. The van der Waals surface area contributed by atoms with E-state index in [1.54, 1.807) is 0 Å². The van der Waals surface area contributed by atoms with Gasteiger partial charge < -0.3 is 15.3 Å². The van der Waals surface area contributed by atoms with E-state index in [1.165, 1.54) is 0 Å². The number of H-pyrrole nitrogens is 2. The Morgan fingerprint density at radius 2 is 2.09 bits per heavy atom. The molecule has 110 valence electrons. The van der Waals surface area contributed by atoms with Crippen LogP contribution in [0.1, 0.15) is 11.4 Å². The van der Waals surface area contributed by atoms with Crippen molar-refractivity contribution in [3.63, 3.8) is 0 Å². The lowest BCUT2D eigenvalue weighted by atomic mass is 10.2. The zero-order chi connectivity index (χ0) is 15.1. The number of aryl methyl sites for hydroxylation is 1. The SMILES string of the molecule is Cc1nc2ccc(CNc3nc(Cl)nc4[nH]ccc34)cc2[nH]1. The first kappa shape index (κ1) is 13.1. The third kappa shape index (κ3) is 2.27. The van der Waals surface area contributed by atoms with Gasteiger partial charge in [0.15, 0.2) is 0 Å². The second-order valence-corrected chi connectivity index (χ2v) is 5.45. The first-order chi connectivity index (χ1) is 10.7. The molecule has 0 saturated carbocycles. The third-order valence-electron chi connectivity index (χ3n) is 3.51. The van der Waals surface area contributed by atoms with Crippen molar-refractivity contribution in [3.05, 3.63) is 47.1 Å². The van der Waals surface area contributed by atoms with Crippen LogP contribution in [0, 0.1) is 6.92 Å². The molecule has 0 aliphatic carbocycles. The van der Waals surface area contributed by atoms with E-state index in [2.05, 4.69) is 36.3 Å². The van der Waals surface area contributed by atoms with Gasteiger partial charge in [0.1, 0.15) is 17.3 Å². The number of nitrogens with one attached hydrogen (secondary N) is 3. The monoisotopic (exact) mass is 312 g/mol. The van der Waals surface area contributed by atoms with Gasteiger partial charge in [-0.3, -0.25) is 0 Å². The molecule has 3 aromatic heterocycles. The Bertz CT molecular complexity index is 971. The third-order valence-corrected chi connectivity index (χ3v) is 3.68. The second kappa shape index (κ2) is 4.99. The number of aromatic amines is 2. The van der Waals surface area contributed by atoms with E-state index in [0.717, 1.165) is 39.3 Å². The van der Waals surface area contributed by atoms with Gasteiger partial charge in [-0.15, -0.1) is 0 Å². The van der Waals surface area contributed by atoms with E-state index >= 15 is 0 Å². The van der Waals surface area contributed by atoms with Gasteiger partial charge in [-0.2, -0.15) is 4.98 Å². The van der Waals surface area contributed by atoms with Crippen molar-refractivity contribution in [1.82, 2.24) is 24.9 Å². The molecule has 0 bridgehead atoms. The molecule has 6 nitrogen and oxygen atoms in total. The molecule has 4 aromatic rings. The van der Waals surface area contributed by atoms with E-state index in [4.69, 9.17) is 11.6 Å². The summed E-state index contributed by atoms with van der Waals surface area (Å²) in [6, 6.07) is 8.07. The highest BCUT2D eigenvalue weighted by atomic mass is 35.5. The molecule has 3 N–H and O–H groups in total. The number of benzene rings is 1. The van der Waals surface area contributed by atoms with E-state index in [0.29, 0.717) is 6.54 Å². The molecule has 1 aromatic carbocycles. The zero-order valence-electron chi connectivity index (χ0n) is 11.8. The molecule has 0 aliphatic rings. The maximum Gasteiger partial charge on any atom is 0.226 e. The maximum absolute atomic E-state index is 5.95. The second-order valence-electron chi connectivity index (χ2n) is 5.11. The highest BCUT2D eigenvalue weighted by molar-refractivity contribution is 6.28. The quantitative estimate of drug-likeness (QED) is 0.506. The summed E-state index contributed by atoms with van der Waals surface area (Å²) in [5.74, 6) is 1.63. The smallest absolute Gasteiger partial charge is 0.226 e. The molecule has 0 saturated heterocycles. The van der Waals surface area contributed by atoms with Crippen LogP contribution in [0.2, 0.25) is 5.28 Å². The lowest BCUT2D eigenvalue weighted by Gasteiger charge is -2.07. The summed E-state index contributed by atoms with van der Waals surface area (Å²) >= 11 is 5.95. The lowest BCUT2D eigenvalue weighted by Crippen LogP contribution is -2.02. The lowest BCUT2D eigenvalue weighted by molar-refractivity contribution is 1.10. The van der Waals surface area contributed by atoms with Gasteiger partial charge in [0.05, 0.1) is 16.4 Å². The van der Waals surface area contributed by atoms with Crippen LogP contribution in [0.15, 0.2) is 30.5 Å². The number of imidazole rings is 1. The predicted octanol–water partition coefficient (Wildman–Crippen LogP) is 3.41. The molecule has 0 radical (unpaired) electrons. The number of hydrogen-bond donors (Lipinski definition) is 3. The number of rotatable bonds is 3. The number of aromatic nitrogens is 5. The van der Waals surface area contributed by atoms with Crippen molar-refractivity contribution in [3.8, 4) is 0 Å². The minimum Gasteiger partial charge on any atom is -0.365 e. The van der Waals surface area contributed by atoms with Gasteiger partial charge in [0.2, 0.25) is 5.28 Å². The summed E-state index contributed by atoms with van der Waals surface area (Å²) in [5.41, 5.74) is 3.86. The highest BCUT2D eigenvalue weighted by Crippen LogP contribution is 2.22. The van der Waals surface area contributed by atoms with Crippen molar-refractivity contribution >= 4 is 39.5 Å². The standard InChI is InChI=1S/C15H13ClN6/c1-8-19-11-3-2-9(6-12(11)20-8)7-18-14-10-4-5-17-13(10)21-15(16)22-14/h2-6H,7H2,1H3,(H,19,20)(H2,17,18,21,22). The van der Waals surface area contributed by atoms with Crippen molar-refractivity contribution in [2.75, 3.05) is 5.32 Å².